The maximum Gasteiger partial charge on any atom is 0.230 e. The van der Waals surface area contributed by atoms with Gasteiger partial charge in [0.05, 0.1) is 18.9 Å². The lowest BCUT2D eigenvalue weighted by Crippen LogP contribution is -2.28. The molecule has 3 aromatic rings. The lowest BCUT2D eigenvalue weighted by atomic mass is 10.1. The van der Waals surface area contributed by atoms with Gasteiger partial charge in [0.15, 0.2) is 5.82 Å². The summed E-state index contributed by atoms with van der Waals surface area (Å²) in [5, 5.41) is 11.2. The third-order valence-corrected chi connectivity index (χ3v) is 4.97. The van der Waals surface area contributed by atoms with Crippen LogP contribution in [0.2, 0.25) is 5.02 Å². The summed E-state index contributed by atoms with van der Waals surface area (Å²) in [7, 11) is 1.62. The van der Waals surface area contributed by atoms with Gasteiger partial charge in [-0.3, -0.25) is 9.89 Å². The number of amides is 1. The van der Waals surface area contributed by atoms with Gasteiger partial charge in [0.1, 0.15) is 5.75 Å². The number of hydrogen-bond acceptors (Lipinski definition) is 5. The number of thioether (sulfide) groups is 1. The molecule has 3 rings (SSSR count). The predicted octanol–water partition coefficient (Wildman–Crippen LogP) is 4.10. The van der Waals surface area contributed by atoms with Crippen LogP contribution in [-0.2, 0) is 4.79 Å². The van der Waals surface area contributed by atoms with Gasteiger partial charge >= 0.3 is 0 Å². The Kier molecular flexibility index (Phi) is 6.36. The first-order valence-corrected chi connectivity index (χ1v) is 9.66. The van der Waals surface area contributed by atoms with Crippen molar-refractivity contribution in [1.29, 1.82) is 0 Å². The van der Waals surface area contributed by atoms with Crippen LogP contribution < -0.4 is 10.1 Å². The Balaban J connectivity index is 1.54. The van der Waals surface area contributed by atoms with Gasteiger partial charge in [-0.1, -0.05) is 35.5 Å². The molecule has 1 aromatic heterocycles. The Hall–Kier alpha value is -2.51. The van der Waals surface area contributed by atoms with Gasteiger partial charge in [-0.25, -0.2) is 4.98 Å². The van der Waals surface area contributed by atoms with Crippen LogP contribution in [0.25, 0.3) is 11.4 Å². The zero-order valence-corrected chi connectivity index (χ0v) is 16.5. The molecule has 2 aromatic carbocycles. The highest BCUT2D eigenvalue weighted by atomic mass is 35.5. The van der Waals surface area contributed by atoms with Gasteiger partial charge in [0.25, 0.3) is 0 Å². The summed E-state index contributed by atoms with van der Waals surface area (Å²) >= 11 is 7.27. The number of nitrogens with zero attached hydrogens (tertiary/aromatic N) is 2. The molecule has 1 heterocycles. The summed E-state index contributed by atoms with van der Waals surface area (Å²) in [6.45, 7) is 1.92. The minimum Gasteiger partial charge on any atom is -0.497 e. The van der Waals surface area contributed by atoms with Crippen molar-refractivity contribution in [3.63, 3.8) is 0 Å². The zero-order chi connectivity index (χ0) is 19.2. The summed E-state index contributed by atoms with van der Waals surface area (Å²) in [5.41, 5.74) is 1.86. The van der Waals surface area contributed by atoms with E-state index in [1.165, 1.54) is 11.8 Å². The average Bonchev–Trinajstić information content (AvgIpc) is 3.15. The van der Waals surface area contributed by atoms with Crippen LogP contribution in [0.3, 0.4) is 0 Å². The Morgan fingerprint density at radius 1 is 1.30 bits per heavy atom. The van der Waals surface area contributed by atoms with Crippen molar-refractivity contribution in [2.24, 2.45) is 0 Å². The number of H-pyrrole nitrogens is 1. The molecule has 0 saturated carbocycles. The molecule has 0 aliphatic heterocycles. The van der Waals surface area contributed by atoms with Gasteiger partial charge in [0, 0.05) is 10.6 Å². The lowest BCUT2D eigenvalue weighted by Gasteiger charge is -2.14. The predicted molar refractivity (Wildman–Crippen MR) is 107 cm³/mol. The van der Waals surface area contributed by atoms with Crippen molar-refractivity contribution >= 4 is 29.3 Å². The fraction of sp³-hybridized carbons (Fsp3) is 0.211. The van der Waals surface area contributed by atoms with E-state index >= 15 is 0 Å². The highest BCUT2D eigenvalue weighted by Crippen LogP contribution is 2.22. The minimum atomic E-state index is -0.126. The van der Waals surface area contributed by atoms with Crippen LogP contribution in [0.15, 0.2) is 53.7 Å². The molecular weight excluding hydrogens is 384 g/mol. The Morgan fingerprint density at radius 3 is 2.78 bits per heavy atom. The number of methoxy groups -OCH3 is 1. The molecule has 0 fully saturated rings. The first kappa shape index (κ1) is 19.3. The third kappa shape index (κ3) is 5.24. The number of hydrogen-bond donors (Lipinski definition) is 2. The van der Waals surface area contributed by atoms with E-state index in [0.29, 0.717) is 16.0 Å². The molecule has 0 spiro atoms. The molecule has 140 valence electrons. The maximum absolute atomic E-state index is 12.2. The van der Waals surface area contributed by atoms with Crippen LogP contribution >= 0.6 is 23.4 Å². The summed E-state index contributed by atoms with van der Waals surface area (Å²) in [5.74, 6) is 1.56. The standard InChI is InChI=1S/C19H19ClN4O2S/c1-12(14-4-3-5-15(20)10-14)21-17(25)11-27-19-22-18(23-24-19)13-6-8-16(26-2)9-7-13/h3-10,12H,11H2,1-2H3,(H,21,25)(H,22,23,24)/t12-/m0/s1. The highest BCUT2D eigenvalue weighted by Gasteiger charge is 2.12. The fourth-order valence-electron chi connectivity index (χ4n) is 2.46. The number of rotatable bonds is 7. The topological polar surface area (TPSA) is 79.9 Å². The number of carbonyl (C=O) groups is 1. The van der Waals surface area contributed by atoms with E-state index in [-0.39, 0.29) is 17.7 Å². The highest BCUT2D eigenvalue weighted by molar-refractivity contribution is 7.99. The Labute approximate surface area is 166 Å². The monoisotopic (exact) mass is 402 g/mol. The molecule has 0 bridgehead atoms. The van der Waals surface area contributed by atoms with E-state index in [1.807, 2.05) is 49.4 Å². The number of carbonyl (C=O) groups excluding carboxylic acids is 1. The van der Waals surface area contributed by atoms with Gasteiger partial charge in [-0.2, -0.15) is 0 Å². The van der Waals surface area contributed by atoms with Crippen LogP contribution in [0, 0.1) is 0 Å². The van der Waals surface area contributed by atoms with Crippen LogP contribution in [0.1, 0.15) is 18.5 Å². The van der Waals surface area contributed by atoms with E-state index in [0.717, 1.165) is 16.9 Å². The molecule has 8 heteroatoms. The van der Waals surface area contributed by atoms with Crippen molar-refractivity contribution in [1.82, 2.24) is 20.5 Å². The molecule has 0 unspecified atom stereocenters. The van der Waals surface area contributed by atoms with Crippen molar-refractivity contribution in [2.45, 2.75) is 18.1 Å². The van der Waals surface area contributed by atoms with Crippen molar-refractivity contribution in [3.8, 4) is 17.1 Å². The number of halogens is 1. The second-order valence-electron chi connectivity index (χ2n) is 5.83. The molecule has 2 N–H and O–H groups in total. The minimum absolute atomic E-state index is 0.0942. The number of aromatic amines is 1. The first-order valence-electron chi connectivity index (χ1n) is 8.29. The quantitative estimate of drug-likeness (QED) is 0.581. The number of aromatic nitrogens is 3. The van der Waals surface area contributed by atoms with E-state index in [2.05, 4.69) is 20.5 Å². The number of ether oxygens (including phenoxy) is 1. The second-order valence-corrected chi connectivity index (χ2v) is 7.21. The SMILES string of the molecule is COc1ccc(-c2nc(SCC(=O)N[C@@H](C)c3cccc(Cl)c3)n[nH]2)cc1. The van der Waals surface area contributed by atoms with Crippen LogP contribution in [-0.4, -0.2) is 34.0 Å². The summed E-state index contributed by atoms with van der Waals surface area (Å²) in [6.07, 6.45) is 0. The molecule has 0 radical (unpaired) electrons. The summed E-state index contributed by atoms with van der Waals surface area (Å²) in [6, 6.07) is 14.8. The van der Waals surface area contributed by atoms with Gasteiger partial charge in [0.2, 0.25) is 11.1 Å². The molecule has 0 aliphatic carbocycles. The van der Waals surface area contributed by atoms with E-state index in [9.17, 15) is 4.79 Å². The van der Waals surface area contributed by atoms with Crippen molar-refractivity contribution < 1.29 is 9.53 Å². The van der Waals surface area contributed by atoms with Crippen LogP contribution in [0.4, 0.5) is 0 Å². The first-order chi connectivity index (χ1) is 13.0. The van der Waals surface area contributed by atoms with Gasteiger partial charge < -0.3 is 10.1 Å². The van der Waals surface area contributed by atoms with E-state index in [4.69, 9.17) is 16.3 Å². The molecule has 6 nitrogen and oxygen atoms in total. The van der Waals surface area contributed by atoms with Crippen LogP contribution in [0.5, 0.6) is 5.75 Å². The van der Waals surface area contributed by atoms with Gasteiger partial charge in [-0.05, 0) is 48.9 Å². The smallest absolute Gasteiger partial charge is 0.230 e. The molecule has 1 atom stereocenters. The normalized spacial score (nSPS) is 11.8. The van der Waals surface area contributed by atoms with Crippen molar-refractivity contribution in [2.75, 3.05) is 12.9 Å². The second kappa shape index (κ2) is 8.92. The molecule has 27 heavy (non-hydrogen) atoms. The maximum atomic E-state index is 12.2. The largest absolute Gasteiger partial charge is 0.497 e. The third-order valence-electron chi connectivity index (χ3n) is 3.89. The fourth-order valence-corrected chi connectivity index (χ4v) is 3.27. The molecule has 0 aliphatic rings. The number of benzene rings is 2. The molecule has 0 saturated heterocycles. The van der Waals surface area contributed by atoms with E-state index in [1.54, 1.807) is 13.2 Å². The van der Waals surface area contributed by atoms with E-state index < -0.39 is 0 Å². The molecular formula is C19H19ClN4O2S. The van der Waals surface area contributed by atoms with Crippen molar-refractivity contribution in [3.05, 3.63) is 59.1 Å². The molecule has 1 amide bonds. The van der Waals surface area contributed by atoms with Gasteiger partial charge in [-0.15, -0.1) is 5.10 Å². The lowest BCUT2D eigenvalue weighted by molar-refractivity contribution is -0.119. The Bertz CT molecular complexity index is 914. The summed E-state index contributed by atoms with van der Waals surface area (Å²) in [4.78, 5) is 16.6. The zero-order valence-electron chi connectivity index (χ0n) is 14.9. The Morgan fingerprint density at radius 2 is 2.07 bits per heavy atom. The number of nitrogens with one attached hydrogen (secondary N) is 2. The summed E-state index contributed by atoms with van der Waals surface area (Å²) < 4.78 is 5.14. The average molecular weight is 403 g/mol.